The van der Waals surface area contributed by atoms with E-state index >= 15 is 0 Å². The molecule has 0 saturated heterocycles. The van der Waals surface area contributed by atoms with Gasteiger partial charge in [0, 0.05) is 18.4 Å². The normalized spacial score (nSPS) is 12.7. The number of pyridine rings is 1. The first-order valence-electron chi connectivity index (χ1n) is 6.05. The van der Waals surface area contributed by atoms with E-state index < -0.39 is 0 Å². The molecule has 0 bridgehead atoms. The van der Waals surface area contributed by atoms with E-state index in [1.165, 1.54) is 24.8 Å². The first kappa shape index (κ1) is 13.5. The number of aromatic nitrogens is 1. The average Bonchev–Trinajstić information content (AvgIpc) is 2.29. The molecule has 0 aliphatic heterocycles. The molecule has 1 heterocycles. The highest BCUT2D eigenvalue weighted by Gasteiger charge is 2.02. The third kappa shape index (κ3) is 4.95. The van der Waals surface area contributed by atoms with Crippen LogP contribution in [0.15, 0.2) is 18.5 Å². The van der Waals surface area contributed by atoms with Gasteiger partial charge < -0.3 is 5.32 Å². The van der Waals surface area contributed by atoms with E-state index in [4.69, 9.17) is 11.6 Å². The predicted molar refractivity (Wildman–Crippen MR) is 69.9 cm³/mol. The first-order chi connectivity index (χ1) is 7.74. The van der Waals surface area contributed by atoms with Crippen LogP contribution in [0.1, 0.15) is 38.7 Å². The van der Waals surface area contributed by atoms with Crippen molar-refractivity contribution in [3.8, 4) is 0 Å². The van der Waals surface area contributed by atoms with Gasteiger partial charge in [-0.3, -0.25) is 4.98 Å². The van der Waals surface area contributed by atoms with Gasteiger partial charge in [-0.25, -0.2) is 0 Å². The molecule has 0 saturated carbocycles. The predicted octanol–water partition coefficient (Wildman–Crippen LogP) is 3.45. The standard InChI is InChI=1S/C13H21ClN2/c1-3-8-16-11(2)5-4-6-12-7-9-15-10-13(12)14/h7,9-11,16H,3-6,8H2,1-2H3. The van der Waals surface area contributed by atoms with Gasteiger partial charge in [0.2, 0.25) is 0 Å². The lowest BCUT2D eigenvalue weighted by Gasteiger charge is -2.12. The molecule has 2 nitrogen and oxygen atoms in total. The Hall–Kier alpha value is -0.600. The summed E-state index contributed by atoms with van der Waals surface area (Å²) in [5.74, 6) is 0. The number of hydrogen-bond acceptors (Lipinski definition) is 2. The van der Waals surface area contributed by atoms with Crippen molar-refractivity contribution >= 4 is 11.6 Å². The van der Waals surface area contributed by atoms with Gasteiger partial charge in [-0.1, -0.05) is 18.5 Å². The van der Waals surface area contributed by atoms with Crippen molar-refractivity contribution in [1.29, 1.82) is 0 Å². The van der Waals surface area contributed by atoms with Crippen LogP contribution in [0.25, 0.3) is 0 Å². The zero-order chi connectivity index (χ0) is 11.8. The largest absolute Gasteiger partial charge is 0.314 e. The second-order valence-electron chi connectivity index (χ2n) is 4.21. The summed E-state index contributed by atoms with van der Waals surface area (Å²) in [7, 11) is 0. The maximum atomic E-state index is 6.05. The Kier molecular flexibility index (Phi) is 6.43. The van der Waals surface area contributed by atoms with Crippen LogP contribution in [0.2, 0.25) is 5.02 Å². The van der Waals surface area contributed by atoms with Crippen LogP contribution in [-0.2, 0) is 6.42 Å². The molecule has 1 N–H and O–H groups in total. The smallest absolute Gasteiger partial charge is 0.0621 e. The van der Waals surface area contributed by atoms with Gasteiger partial charge in [0.25, 0.3) is 0 Å². The molecule has 0 aliphatic carbocycles. The Labute approximate surface area is 103 Å². The SMILES string of the molecule is CCCNC(C)CCCc1ccncc1Cl. The lowest BCUT2D eigenvalue weighted by Crippen LogP contribution is -2.26. The Bertz CT molecular complexity index is 302. The van der Waals surface area contributed by atoms with Gasteiger partial charge in [0.15, 0.2) is 0 Å². The number of halogens is 1. The van der Waals surface area contributed by atoms with Crippen molar-refractivity contribution in [2.24, 2.45) is 0 Å². The second kappa shape index (κ2) is 7.64. The van der Waals surface area contributed by atoms with Crippen molar-refractivity contribution in [2.75, 3.05) is 6.54 Å². The van der Waals surface area contributed by atoms with Gasteiger partial charge in [-0.15, -0.1) is 0 Å². The molecule has 0 aliphatic rings. The topological polar surface area (TPSA) is 24.9 Å². The monoisotopic (exact) mass is 240 g/mol. The van der Waals surface area contributed by atoms with Crippen LogP contribution in [0, 0.1) is 0 Å². The summed E-state index contributed by atoms with van der Waals surface area (Å²) < 4.78 is 0. The lowest BCUT2D eigenvalue weighted by atomic mass is 10.1. The molecule has 1 aromatic rings. The van der Waals surface area contributed by atoms with Crippen LogP contribution in [0.3, 0.4) is 0 Å². The van der Waals surface area contributed by atoms with Gasteiger partial charge >= 0.3 is 0 Å². The molecule has 16 heavy (non-hydrogen) atoms. The lowest BCUT2D eigenvalue weighted by molar-refractivity contribution is 0.498. The van der Waals surface area contributed by atoms with Crippen molar-refractivity contribution < 1.29 is 0 Å². The first-order valence-corrected chi connectivity index (χ1v) is 6.43. The number of nitrogens with one attached hydrogen (secondary N) is 1. The number of aryl methyl sites for hydroxylation is 1. The minimum Gasteiger partial charge on any atom is -0.314 e. The summed E-state index contributed by atoms with van der Waals surface area (Å²) in [6, 6.07) is 2.60. The number of nitrogens with zero attached hydrogens (tertiary/aromatic N) is 1. The van der Waals surface area contributed by atoms with E-state index in [1.54, 1.807) is 12.4 Å². The second-order valence-corrected chi connectivity index (χ2v) is 4.62. The summed E-state index contributed by atoms with van der Waals surface area (Å²) in [6.07, 6.45) is 8.12. The highest BCUT2D eigenvalue weighted by molar-refractivity contribution is 6.31. The zero-order valence-electron chi connectivity index (χ0n) is 10.2. The molecule has 1 atom stereocenters. The Morgan fingerprint density at radius 1 is 1.50 bits per heavy atom. The van der Waals surface area contributed by atoms with Crippen molar-refractivity contribution in [2.45, 2.75) is 45.6 Å². The third-order valence-electron chi connectivity index (χ3n) is 2.68. The molecular formula is C13H21ClN2. The van der Waals surface area contributed by atoms with E-state index in [0.29, 0.717) is 6.04 Å². The fourth-order valence-corrected chi connectivity index (χ4v) is 1.91. The molecule has 1 unspecified atom stereocenters. The van der Waals surface area contributed by atoms with Gasteiger partial charge in [0.1, 0.15) is 0 Å². The maximum Gasteiger partial charge on any atom is 0.0621 e. The van der Waals surface area contributed by atoms with Crippen LogP contribution in [-0.4, -0.2) is 17.6 Å². The fourth-order valence-electron chi connectivity index (χ4n) is 1.70. The van der Waals surface area contributed by atoms with Crippen LogP contribution < -0.4 is 5.32 Å². The van der Waals surface area contributed by atoms with E-state index in [1.807, 2.05) is 6.07 Å². The Morgan fingerprint density at radius 2 is 2.31 bits per heavy atom. The summed E-state index contributed by atoms with van der Waals surface area (Å²) in [5.41, 5.74) is 1.21. The van der Waals surface area contributed by atoms with E-state index in [-0.39, 0.29) is 0 Å². The third-order valence-corrected chi connectivity index (χ3v) is 3.02. The van der Waals surface area contributed by atoms with Crippen molar-refractivity contribution in [1.82, 2.24) is 10.3 Å². The molecule has 0 aromatic carbocycles. The minimum absolute atomic E-state index is 0.598. The summed E-state index contributed by atoms with van der Waals surface area (Å²) in [6.45, 7) is 5.54. The quantitative estimate of drug-likeness (QED) is 0.790. The summed E-state index contributed by atoms with van der Waals surface area (Å²) in [5, 5.41) is 4.28. The molecule has 90 valence electrons. The molecule has 0 fully saturated rings. The molecule has 1 aromatic heterocycles. The molecule has 3 heteroatoms. The minimum atomic E-state index is 0.598. The van der Waals surface area contributed by atoms with Crippen LogP contribution in [0.4, 0.5) is 0 Å². The highest BCUT2D eigenvalue weighted by Crippen LogP contribution is 2.16. The number of hydrogen-bond donors (Lipinski definition) is 1. The molecule has 0 amide bonds. The van der Waals surface area contributed by atoms with Crippen LogP contribution in [0.5, 0.6) is 0 Å². The molecule has 0 radical (unpaired) electrons. The molecular weight excluding hydrogens is 220 g/mol. The number of rotatable bonds is 7. The summed E-state index contributed by atoms with van der Waals surface area (Å²) >= 11 is 6.05. The van der Waals surface area contributed by atoms with Crippen LogP contribution >= 0.6 is 11.6 Å². The zero-order valence-corrected chi connectivity index (χ0v) is 10.9. The van der Waals surface area contributed by atoms with Gasteiger partial charge in [-0.05, 0) is 50.8 Å². The maximum absolute atomic E-state index is 6.05. The van der Waals surface area contributed by atoms with Gasteiger partial charge in [-0.2, -0.15) is 0 Å². The average molecular weight is 241 g/mol. The Morgan fingerprint density at radius 3 is 3.00 bits per heavy atom. The Balaban J connectivity index is 2.23. The summed E-state index contributed by atoms with van der Waals surface area (Å²) in [4.78, 5) is 3.98. The van der Waals surface area contributed by atoms with E-state index in [0.717, 1.165) is 18.0 Å². The van der Waals surface area contributed by atoms with Gasteiger partial charge in [0.05, 0.1) is 5.02 Å². The molecule has 0 spiro atoms. The van der Waals surface area contributed by atoms with Crippen molar-refractivity contribution in [3.05, 3.63) is 29.0 Å². The fraction of sp³-hybridized carbons (Fsp3) is 0.615. The molecule has 1 rings (SSSR count). The highest BCUT2D eigenvalue weighted by atomic mass is 35.5. The van der Waals surface area contributed by atoms with E-state index in [9.17, 15) is 0 Å². The van der Waals surface area contributed by atoms with E-state index in [2.05, 4.69) is 24.1 Å². The van der Waals surface area contributed by atoms with Crippen molar-refractivity contribution in [3.63, 3.8) is 0 Å².